The van der Waals surface area contributed by atoms with Gasteiger partial charge in [0.25, 0.3) is 0 Å². The summed E-state index contributed by atoms with van der Waals surface area (Å²) in [4.78, 5) is 7.84. The van der Waals surface area contributed by atoms with Crippen molar-refractivity contribution in [3.05, 3.63) is 17.0 Å². The van der Waals surface area contributed by atoms with Crippen molar-refractivity contribution in [3.8, 4) is 0 Å². The van der Waals surface area contributed by atoms with E-state index < -0.39 is 0 Å². The van der Waals surface area contributed by atoms with Gasteiger partial charge in [-0.15, -0.1) is 10.2 Å². The van der Waals surface area contributed by atoms with Crippen molar-refractivity contribution in [1.29, 1.82) is 0 Å². The molecule has 0 aliphatic heterocycles. The van der Waals surface area contributed by atoms with Crippen molar-refractivity contribution in [2.75, 3.05) is 11.6 Å². The Morgan fingerprint density at radius 1 is 1.26 bits per heavy atom. The largest absolute Gasteiger partial charge is 0.368 e. The third-order valence-electron chi connectivity index (χ3n) is 2.22. The zero-order valence-electron chi connectivity index (χ0n) is 10.8. The minimum absolute atomic E-state index is 0.106. The molecule has 0 amide bonds. The van der Waals surface area contributed by atoms with Gasteiger partial charge >= 0.3 is 0 Å². The van der Waals surface area contributed by atoms with E-state index in [1.165, 1.54) is 16.4 Å². The Kier molecular flexibility index (Phi) is 3.55. The highest BCUT2D eigenvalue weighted by molar-refractivity contribution is 7.99. The van der Waals surface area contributed by atoms with Gasteiger partial charge in [-0.25, -0.2) is 14.6 Å². The molecule has 19 heavy (non-hydrogen) atoms. The van der Waals surface area contributed by atoms with Crippen molar-refractivity contribution >= 4 is 29.3 Å². The van der Waals surface area contributed by atoms with E-state index in [0.29, 0.717) is 16.0 Å². The first-order chi connectivity index (χ1) is 8.77. The SMILES string of the molecule is CC(C)(C)c1nnc(Sc2cc(Cl)nc(N)n2)n1N. The van der Waals surface area contributed by atoms with Gasteiger partial charge in [0.05, 0.1) is 0 Å². The highest BCUT2D eigenvalue weighted by atomic mass is 35.5. The van der Waals surface area contributed by atoms with E-state index in [0.717, 1.165) is 0 Å². The molecule has 0 bridgehead atoms. The van der Waals surface area contributed by atoms with Gasteiger partial charge in [0.15, 0.2) is 5.82 Å². The molecular formula is C10H14ClN7S. The maximum Gasteiger partial charge on any atom is 0.222 e. The molecule has 7 nitrogen and oxygen atoms in total. The van der Waals surface area contributed by atoms with Crippen molar-refractivity contribution < 1.29 is 0 Å². The van der Waals surface area contributed by atoms with Gasteiger partial charge in [-0.3, -0.25) is 0 Å². The molecule has 0 aliphatic rings. The van der Waals surface area contributed by atoms with Crippen LogP contribution in [0.3, 0.4) is 0 Å². The lowest BCUT2D eigenvalue weighted by Gasteiger charge is -2.16. The van der Waals surface area contributed by atoms with E-state index in [1.54, 1.807) is 6.07 Å². The van der Waals surface area contributed by atoms with Crippen LogP contribution in [0.5, 0.6) is 0 Å². The van der Waals surface area contributed by atoms with Gasteiger partial charge in [-0.1, -0.05) is 32.4 Å². The molecule has 0 radical (unpaired) electrons. The lowest BCUT2D eigenvalue weighted by molar-refractivity contribution is 0.523. The van der Waals surface area contributed by atoms with Crippen LogP contribution < -0.4 is 11.6 Å². The van der Waals surface area contributed by atoms with Crippen LogP contribution in [0.4, 0.5) is 5.95 Å². The van der Waals surface area contributed by atoms with Gasteiger partial charge in [-0.05, 0) is 11.8 Å². The van der Waals surface area contributed by atoms with Crippen LogP contribution in [0, 0.1) is 0 Å². The topological polar surface area (TPSA) is 109 Å². The molecule has 4 N–H and O–H groups in total. The van der Waals surface area contributed by atoms with Crippen molar-refractivity contribution in [3.63, 3.8) is 0 Å². The monoisotopic (exact) mass is 299 g/mol. The van der Waals surface area contributed by atoms with Crippen molar-refractivity contribution in [2.24, 2.45) is 0 Å². The average molecular weight is 300 g/mol. The van der Waals surface area contributed by atoms with E-state index in [2.05, 4.69) is 20.2 Å². The molecule has 2 rings (SSSR count). The first kappa shape index (κ1) is 13.9. The normalized spacial score (nSPS) is 11.8. The van der Waals surface area contributed by atoms with Gasteiger partial charge in [0, 0.05) is 11.5 Å². The maximum absolute atomic E-state index is 5.98. The molecule has 0 spiro atoms. The Morgan fingerprint density at radius 3 is 2.47 bits per heavy atom. The fourth-order valence-electron chi connectivity index (χ4n) is 1.42. The molecule has 0 saturated carbocycles. The van der Waals surface area contributed by atoms with Crippen molar-refractivity contribution in [2.45, 2.75) is 36.4 Å². The lowest BCUT2D eigenvalue weighted by Crippen LogP contribution is -2.24. The quantitative estimate of drug-likeness (QED) is 0.638. The predicted molar refractivity (Wildman–Crippen MR) is 74.4 cm³/mol. The van der Waals surface area contributed by atoms with E-state index in [1.807, 2.05) is 20.8 Å². The molecule has 0 unspecified atom stereocenters. The fraction of sp³-hybridized carbons (Fsp3) is 0.400. The standard InChI is InChI=1S/C10H14ClN7S/c1-10(2,3)7-16-17-9(18(7)13)19-6-4-5(11)14-8(12)15-6/h4H,13H2,1-3H3,(H2,12,14,15). The second-order valence-corrected chi connectivity index (χ2v) is 6.29. The summed E-state index contributed by atoms with van der Waals surface area (Å²) >= 11 is 7.04. The Labute approximate surface area is 119 Å². The number of hydrogen-bond donors (Lipinski definition) is 2. The van der Waals surface area contributed by atoms with Gasteiger partial charge in [0.2, 0.25) is 11.1 Å². The van der Waals surface area contributed by atoms with Crippen LogP contribution in [-0.4, -0.2) is 24.8 Å². The minimum atomic E-state index is -0.192. The maximum atomic E-state index is 5.98. The van der Waals surface area contributed by atoms with Crippen LogP contribution >= 0.6 is 23.4 Å². The number of hydrogen-bond acceptors (Lipinski definition) is 7. The molecule has 102 valence electrons. The molecule has 9 heteroatoms. The number of rotatable bonds is 2. The van der Waals surface area contributed by atoms with Crippen LogP contribution in [0.1, 0.15) is 26.6 Å². The van der Waals surface area contributed by atoms with Crippen LogP contribution in [0.2, 0.25) is 5.15 Å². The van der Waals surface area contributed by atoms with E-state index in [9.17, 15) is 0 Å². The molecular weight excluding hydrogens is 286 g/mol. The second-order valence-electron chi connectivity index (χ2n) is 4.92. The zero-order valence-corrected chi connectivity index (χ0v) is 12.3. The summed E-state index contributed by atoms with van der Waals surface area (Å²) in [7, 11) is 0. The van der Waals surface area contributed by atoms with E-state index >= 15 is 0 Å². The second kappa shape index (κ2) is 4.86. The number of anilines is 1. The third kappa shape index (κ3) is 3.07. The summed E-state index contributed by atoms with van der Waals surface area (Å²) in [6, 6.07) is 1.59. The number of nitrogen functional groups attached to an aromatic ring is 2. The molecule has 2 aromatic heterocycles. The first-order valence-corrected chi connectivity index (χ1v) is 6.65. The van der Waals surface area contributed by atoms with Crippen molar-refractivity contribution in [1.82, 2.24) is 24.8 Å². The molecule has 0 aliphatic carbocycles. The lowest BCUT2D eigenvalue weighted by atomic mass is 9.96. The molecule has 0 fully saturated rings. The first-order valence-electron chi connectivity index (χ1n) is 5.46. The molecule has 0 atom stereocenters. The molecule has 2 aromatic rings. The third-order valence-corrected chi connectivity index (χ3v) is 3.29. The highest BCUT2D eigenvalue weighted by Crippen LogP contribution is 2.28. The van der Waals surface area contributed by atoms with Gasteiger partial charge in [0.1, 0.15) is 10.2 Å². The summed E-state index contributed by atoms with van der Waals surface area (Å²) < 4.78 is 1.44. The number of nitrogens with two attached hydrogens (primary N) is 2. The minimum Gasteiger partial charge on any atom is -0.368 e. The van der Waals surface area contributed by atoms with Crippen LogP contribution in [0.15, 0.2) is 16.2 Å². The van der Waals surface area contributed by atoms with Crippen LogP contribution in [-0.2, 0) is 5.41 Å². The number of aromatic nitrogens is 5. The number of halogens is 1. The summed E-state index contributed by atoms with van der Waals surface area (Å²) in [5.74, 6) is 6.77. The molecule has 2 heterocycles. The van der Waals surface area contributed by atoms with Gasteiger partial charge < -0.3 is 11.6 Å². The summed E-state index contributed by atoms with van der Waals surface area (Å²) in [6.45, 7) is 6.02. The number of nitrogens with zero attached hydrogens (tertiary/aromatic N) is 5. The summed E-state index contributed by atoms with van der Waals surface area (Å²) in [6.07, 6.45) is 0. The summed E-state index contributed by atoms with van der Waals surface area (Å²) in [5.41, 5.74) is 5.34. The van der Waals surface area contributed by atoms with E-state index in [-0.39, 0.29) is 16.5 Å². The van der Waals surface area contributed by atoms with Crippen LogP contribution in [0.25, 0.3) is 0 Å². The predicted octanol–water partition coefficient (Wildman–Crippen LogP) is 1.47. The Bertz CT molecular complexity index is 584. The average Bonchev–Trinajstić information content (AvgIpc) is 2.58. The highest BCUT2D eigenvalue weighted by Gasteiger charge is 2.23. The summed E-state index contributed by atoms with van der Waals surface area (Å²) in [5, 5.41) is 9.48. The Balaban J connectivity index is 2.32. The van der Waals surface area contributed by atoms with Gasteiger partial charge in [-0.2, -0.15) is 0 Å². The smallest absolute Gasteiger partial charge is 0.222 e. The molecule has 0 saturated heterocycles. The Morgan fingerprint density at radius 2 is 1.95 bits per heavy atom. The fourth-order valence-corrected chi connectivity index (χ4v) is 2.44. The zero-order chi connectivity index (χ0) is 14.2. The Hall–Kier alpha value is -1.54. The van der Waals surface area contributed by atoms with E-state index in [4.69, 9.17) is 23.2 Å². The molecule has 0 aromatic carbocycles.